The van der Waals surface area contributed by atoms with Crippen LogP contribution in [0.2, 0.25) is 0 Å². The van der Waals surface area contributed by atoms with Crippen LogP contribution in [0.5, 0.6) is 0 Å². The monoisotopic (exact) mass is 469 g/mol. The Hall–Kier alpha value is -4.59. The summed E-state index contributed by atoms with van der Waals surface area (Å²) in [6.45, 7) is 3.03. The Labute approximate surface area is 202 Å². The summed E-state index contributed by atoms with van der Waals surface area (Å²) in [5, 5.41) is 2.86. The highest BCUT2D eigenvalue weighted by Crippen LogP contribution is 2.20. The second-order valence-corrected chi connectivity index (χ2v) is 8.10. The van der Waals surface area contributed by atoms with E-state index in [4.69, 9.17) is 5.73 Å². The lowest BCUT2D eigenvalue weighted by Gasteiger charge is -2.25. The number of nitrogens with one attached hydrogen (secondary N) is 2. The molecule has 1 heterocycles. The second-order valence-electron chi connectivity index (χ2n) is 8.10. The molecule has 8 nitrogen and oxygen atoms in total. The lowest BCUT2D eigenvalue weighted by atomic mass is 10.1. The summed E-state index contributed by atoms with van der Waals surface area (Å²) in [7, 11) is 0. The number of hydrogen-bond donors (Lipinski definition) is 3. The van der Waals surface area contributed by atoms with Gasteiger partial charge in [0, 0.05) is 24.3 Å². The standard InChI is InChI=1S/C27H27N5O3/c1-2-31(17-20-13-15-21(16-14-20)25(33)29-22-11-7-4-8-12-22)23-24(28)32(27(35)30-26(23)34)18-19-9-5-3-6-10-19/h3-16H,2,17-18,28H2,1H3,(H,29,33)(H,30,34,35). The van der Waals surface area contributed by atoms with E-state index in [-0.39, 0.29) is 24.0 Å². The molecule has 1 amide bonds. The van der Waals surface area contributed by atoms with E-state index >= 15 is 0 Å². The van der Waals surface area contributed by atoms with Gasteiger partial charge in [-0.3, -0.25) is 19.1 Å². The predicted octanol–water partition coefficient (Wildman–Crippen LogP) is 3.45. The van der Waals surface area contributed by atoms with Crippen molar-refractivity contribution in [1.82, 2.24) is 9.55 Å². The molecule has 0 aliphatic carbocycles. The molecule has 0 unspecified atom stereocenters. The first-order chi connectivity index (χ1) is 17.0. The van der Waals surface area contributed by atoms with Crippen molar-refractivity contribution in [2.24, 2.45) is 0 Å². The molecule has 4 rings (SSSR count). The maximum atomic E-state index is 12.7. The van der Waals surface area contributed by atoms with Crippen LogP contribution in [-0.2, 0) is 13.1 Å². The molecular weight excluding hydrogens is 442 g/mol. The van der Waals surface area contributed by atoms with E-state index in [0.717, 1.165) is 16.8 Å². The zero-order chi connectivity index (χ0) is 24.8. The number of hydrogen-bond acceptors (Lipinski definition) is 5. The van der Waals surface area contributed by atoms with Gasteiger partial charge in [-0.05, 0) is 42.3 Å². The van der Waals surface area contributed by atoms with Crippen molar-refractivity contribution in [3.05, 3.63) is 122 Å². The van der Waals surface area contributed by atoms with Crippen molar-refractivity contribution in [1.29, 1.82) is 0 Å². The zero-order valence-corrected chi connectivity index (χ0v) is 19.4. The average Bonchev–Trinajstić information content (AvgIpc) is 2.87. The van der Waals surface area contributed by atoms with Crippen molar-refractivity contribution >= 4 is 23.1 Å². The third-order valence-electron chi connectivity index (χ3n) is 5.72. The largest absolute Gasteiger partial charge is 0.383 e. The van der Waals surface area contributed by atoms with E-state index < -0.39 is 11.2 Å². The van der Waals surface area contributed by atoms with Crippen molar-refractivity contribution < 1.29 is 4.79 Å². The van der Waals surface area contributed by atoms with Gasteiger partial charge in [-0.15, -0.1) is 0 Å². The molecule has 3 aromatic carbocycles. The fourth-order valence-corrected chi connectivity index (χ4v) is 3.86. The van der Waals surface area contributed by atoms with Crippen LogP contribution in [0.4, 0.5) is 17.2 Å². The van der Waals surface area contributed by atoms with Gasteiger partial charge >= 0.3 is 5.69 Å². The first-order valence-corrected chi connectivity index (χ1v) is 11.3. The van der Waals surface area contributed by atoms with Crippen LogP contribution in [-0.4, -0.2) is 22.0 Å². The Morgan fingerprint density at radius 2 is 1.54 bits per heavy atom. The molecule has 0 spiro atoms. The van der Waals surface area contributed by atoms with Crippen LogP contribution in [0.3, 0.4) is 0 Å². The summed E-state index contributed by atoms with van der Waals surface area (Å²) >= 11 is 0. The van der Waals surface area contributed by atoms with Gasteiger partial charge in [0.05, 0.1) is 6.54 Å². The van der Waals surface area contributed by atoms with Gasteiger partial charge in [0.15, 0.2) is 0 Å². The molecule has 0 bridgehead atoms. The summed E-state index contributed by atoms with van der Waals surface area (Å²) < 4.78 is 1.37. The number of anilines is 3. The van der Waals surface area contributed by atoms with Crippen molar-refractivity contribution in [2.45, 2.75) is 20.0 Å². The number of rotatable bonds is 8. The third kappa shape index (κ3) is 5.50. The van der Waals surface area contributed by atoms with Crippen LogP contribution < -0.4 is 27.2 Å². The van der Waals surface area contributed by atoms with E-state index in [1.807, 2.05) is 84.6 Å². The fraction of sp³-hybridized carbons (Fsp3) is 0.148. The third-order valence-corrected chi connectivity index (χ3v) is 5.72. The predicted molar refractivity (Wildman–Crippen MR) is 139 cm³/mol. The molecule has 0 saturated heterocycles. The van der Waals surface area contributed by atoms with E-state index in [2.05, 4.69) is 10.3 Å². The second kappa shape index (κ2) is 10.6. The highest BCUT2D eigenvalue weighted by Gasteiger charge is 2.18. The average molecular weight is 470 g/mol. The first-order valence-electron chi connectivity index (χ1n) is 11.3. The van der Waals surface area contributed by atoms with Crippen LogP contribution in [0.25, 0.3) is 0 Å². The maximum absolute atomic E-state index is 12.7. The number of aromatic amines is 1. The minimum Gasteiger partial charge on any atom is -0.383 e. The smallest absolute Gasteiger partial charge is 0.330 e. The number of carbonyl (C=O) groups is 1. The van der Waals surface area contributed by atoms with Gasteiger partial charge in [0.25, 0.3) is 11.5 Å². The van der Waals surface area contributed by atoms with Gasteiger partial charge in [0.2, 0.25) is 0 Å². The first kappa shape index (κ1) is 23.6. The van der Waals surface area contributed by atoms with Gasteiger partial charge in [-0.2, -0.15) is 0 Å². The minimum absolute atomic E-state index is 0.114. The number of benzene rings is 3. The van der Waals surface area contributed by atoms with Gasteiger partial charge in [0.1, 0.15) is 11.5 Å². The van der Waals surface area contributed by atoms with E-state index in [1.165, 1.54) is 4.57 Å². The molecule has 0 saturated carbocycles. The molecular formula is C27H27N5O3. The molecule has 35 heavy (non-hydrogen) atoms. The van der Waals surface area contributed by atoms with Crippen LogP contribution in [0.1, 0.15) is 28.4 Å². The van der Waals surface area contributed by atoms with Crippen LogP contribution in [0, 0.1) is 0 Å². The molecule has 8 heteroatoms. The molecule has 1 aromatic heterocycles. The molecule has 178 valence electrons. The van der Waals surface area contributed by atoms with E-state index in [9.17, 15) is 14.4 Å². The molecule has 0 atom stereocenters. The number of amides is 1. The van der Waals surface area contributed by atoms with Crippen LogP contribution in [0.15, 0.2) is 94.5 Å². The van der Waals surface area contributed by atoms with Gasteiger partial charge < -0.3 is 16.0 Å². The highest BCUT2D eigenvalue weighted by molar-refractivity contribution is 6.04. The maximum Gasteiger partial charge on any atom is 0.330 e. The fourth-order valence-electron chi connectivity index (χ4n) is 3.86. The van der Waals surface area contributed by atoms with Gasteiger partial charge in [-0.1, -0.05) is 60.7 Å². The number of nitrogens with two attached hydrogens (primary N) is 1. The molecule has 4 aromatic rings. The Balaban J connectivity index is 1.55. The Morgan fingerprint density at radius 3 is 2.17 bits per heavy atom. The van der Waals surface area contributed by atoms with Crippen molar-refractivity contribution in [2.75, 3.05) is 22.5 Å². The Bertz CT molecular complexity index is 1410. The van der Waals surface area contributed by atoms with Gasteiger partial charge in [-0.25, -0.2) is 4.79 Å². The van der Waals surface area contributed by atoms with Crippen LogP contribution >= 0.6 is 0 Å². The summed E-state index contributed by atoms with van der Waals surface area (Å²) in [5.41, 5.74) is 8.54. The summed E-state index contributed by atoms with van der Waals surface area (Å²) in [6, 6.07) is 25.8. The van der Waals surface area contributed by atoms with E-state index in [0.29, 0.717) is 18.7 Å². The topological polar surface area (TPSA) is 113 Å². The highest BCUT2D eigenvalue weighted by atomic mass is 16.2. The quantitative estimate of drug-likeness (QED) is 0.366. The number of para-hydroxylation sites is 1. The SMILES string of the molecule is CCN(Cc1ccc(C(=O)Nc2ccccc2)cc1)c1c(N)n(Cc2ccccc2)c(=O)[nH]c1=O. The van der Waals surface area contributed by atoms with Crippen molar-refractivity contribution in [3.63, 3.8) is 0 Å². The minimum atomic E-state index is -0.551. The molecule has 4 N–H and O–H groups in total. The summed E-state index contributed by atoms with van der Waals surface area (Å²) in [6.07, 6.45) is 0. The summed E-state index contributed by atoms with van der Waals surface area (Å²) in [5.74, 6) is -0.0907. The number of nitrogen functional groups attached to an aromatic ring is 1. The summed E-state index contributed by atoms with van der Waals surface area (Å²) in [4.78, 5) is 41.9. The molecule has 0 fully saturated rings. The zero-order valence-electron chi connectivity index (χ0n) is 19.4. The molecule has 0 aliphatic rings. The lowest BCUT2D eigenvalue weighted by molar-refractivity contribution is 0.102. The Kier molecular flexibility index (Phi) is 7.11. The van der Waals surface area contributed by atoms with E-state index in [1.54, 1.807) is 12.1 Å². The van der Waals surface area contributed by atoms with Crippen molar-refractivity contribution in [3.8, 4) is 0 Å². The molecule has 0 aliphatic heterocycles. The normalized spacial score (nSPS) is 10.7. The number of nitrogens with zero attached hydrogens (tertiary/aromatic N) is 2. The molecule has 0 radical (unpaired) electrons. The lowest BCUT2D eigenvalue weighted by Crippen LogP contribution is -2.38. The Morgan fingerprint density at radius 1 is 0.914 bits per heavy atom. The number of carbonyl (C=O) groups excluding carboxylic acids is 1. The number of aromatic nitrogens is 2. The number of H-pyrrole nitrogens is 1.